The van der Waals surface area contributed by atoms with Crippen molar-refractivity contribution in [2.45, 2.75) is 6.61 Å². The average Bonchev–Trinajstić information content (AvgIpc) is 2.48. The van der Waals surface area contributed by atoms with Gasteiger partial charge in [0.05, 0.1) is 22.7 Å². The molecule has 0 saturated heterocycles. The Hall–Kier alpha value is -1.71. The lowest BCUT2D eigenvalue weighted by molar-refractivity contribution is 0.111. The van der Waals surface area contributed by atoms with Crippen LogP contribution in [0, 0.1) is 0 Å². The van der Waals surface area contributed by atoms with Crippen LogP contribution < -0.4 is 9.47 Å². The van der Waals surface area contributed by atoms with Crippen LogP contribution in [0.15, 0.2) is 36.4 Å². The quantitative estimate of drug-likeness (QED) is 0.768. The van der Waals surface area contributed by atoms with E-state index in [1.165, 1.54) is 7.11 Å². The van der Waals surface area contributed by atoms with E-state index in [4.69, 9.17) is 32.7 Å². The van der Waals surface area contributed by atoms with Gasteiger partial charge in [-0.15, -0.1) is 0 Å². The molecule has 0 fully saturated rings. The van der Waals surface area contributed by atoms with Gasteiger partial charge in [-0.05, 0) is 29.8 Å². The Morgan fingerprint density at radius 1 is 1.15 bits per heavy atom. The molecule has 2 aromatic rings. The number of methoxy groups -OCH3 is 1. The summed E-state index contributed by atoms with van der Waals surface area (Å²) in [4.78, 5) is 11.0. The second-order valence-electron chi connectivity index (χ2n) is 4.03. The first-order valence-corrected chi connectivity index (χ1v) is 6.60. The highest BCUT2D eigenvalue weighted by Crippen LogP contribution is 2.31. The molecule has 0 bridgehead atoms. The summed E-state index contributed by atoms with van der Waals surface area (Å²) in [5.74, 6) is 0.922. The maximum atomic E-state index is 11.0. The lowest BCUT2D eigenvalue weighted by Gasteiger charge is -2.12. The third kappa shape index (κ3) is 3.24. The van der Waals surface area contributed by atoms with Crippen LogP contribution in [0.1, 0.15) is 15.9 Å². The number of hydrogen-bond acceptors (Lipinski definition) is 3. The SMILES string of the molecule is COc1cccc(C=O)c1OCc1ccc(Cl)c(Cl)c1. The van der Waals surface area contributed by atoms with E-state index in [2.05, 4.69) is 0 Å². The molecule has 0 amide bonds. The fourth-order valence-corrected chi connectivity index (χ4v) is 2.05. The predicted octanol–water partition coefficient (Wildman–Crippen LogP) is 4.39. The molecular formula is C15H12Cl2O3. The number of ether oxygens (including phenoxy) is 2. The molecule has 0 spiro atoms. The molecule has 5 heteroatoms. The molecule has 2 rings (SSSR count). The number of rotatable bonds is 5. The molecule has 0 unspecified atom stereocenters. The standard InChI is InChI=1S/C15H12Cl2O3/c1-19-14-4-2-3-11(8-18)15(14)20-9-10-5-6-12(16)13(17)7-10/h2-8H,9H2,1H3. The molecule has 2 aromatic carbocycles. The second-order valence-corrected chi connectivity index (χ2v) is 4.85. The Balaban J connectivity index is 2.21. The summed E-state index contributed by atoms with van der Waals surface area (Å²) in [7, 11) is 1.52. The first-order chi connectivity index (χ1) is 9.65. The molecular weight excluding hydrogens is 299 g/mol. The topological polar surface area (TPSA) is 35.5 Å². The number of carbonyl (C=O) groups excluding carboxylic acids is 1. The maximum Gasteiger partial charge on any atom is 0.172 e. The van der Waals surface area contributed by atoms with Crippen LogP contribution in [-0.4, -0.2) is 13.4 Å². The van der Waals surface area contributed by atoms with E-state index in [0.29, 0.717) is 27.1 Å². The minimum absolute atomic E-state index is 0.262. The van der Waals surface area contributed by atoms with Gasteiger partial charge in [0.2, 0.25) is 0 Å². The normalized spacial score (nSPS) is 10.2. The summed E-state index contributed by atoms with van der Waals surface area (Å²) in [6.45, 7) is 0.262. The molecule has 0 heterocycles. The first kappa shape index (κ1) is 14.7. The van der Waals surface area contributed by atoms with Gasteiger partial charge >= 0.3 is 0 Å². The number of aldehydes is 1. The highest BCUT2D eigenvalue weighted by molar-refractivity contribution is 6.42. The van der Waals surface area contributed by atoms with Crippen LogP contribution in [0.3, 0.4) is 0 Å². The number of hydrogen-bond donors (Lipinski definition) is 0. The van der Waals surface area contributed by atoms with Crippen molar-refractivity contribution in [3.63, 3.8) is 0 Å². The van der Waals surface area contributed by atoms with Crippen molar-refractivity contribution in [2.24, 2.45) is 0 Å². The van der Waals surface area contributed by atoms with Crippen molar-refractivity contribution >= 4 is 29.5 Å². The monoisotopic (exact) mass is 310 g/mol. The zero-order chi connectivity index (χ0) is 14.5. The Morgan fingerprint density at radius 2 is 1.95 bits per heavy atom. The van der Waals surface area contributed by atoms with Crippen molar-refractivity contribution in [2.75, 3.05) is 7.11 Å². The van der Waals surface area contributed by atoms with Crippen LogP contribution in [0.2, 0.25) is 10.0 Å². The molecule has 0 saturated carbocycles. The van der Waals surface area contributed by atoms with Crippen molar-refractivity contribution in [3.05, 3.63) is 57.6 Å². The zero-order valence-corrected chi connectivity index (χ0v) is 12.2. The molecule has 20 heavy (non-hydrogen) atoms. The zero-order valence-electron chi connectivity index (χ0n) is 10.7. The van der Waals surface area contributed by atoms with Crippen molar-refractivity contribution in [1.29, 1.82) is 0 Å². The van der Waals surface area contributed by atoms with Gasteiger partial charge < -0.3 is 9.47 Å². The van der Waals surface area contributed by atoms with Gasteiger partial charge in [-0.2, -0.15) is 0 Å². The van der Waals surface area contributed by atoms with E-state index in [1.807, 2.05) is 6.07 Å². The summed E-state index contributed by atoms with van der Waals surface area (Å²) in [5.41, 5.74) is 1.28. The molecule has 3 nitrogen and oxygen atoms in total. The fraction of sp³-hybridized carbons (Fsp3) is 0.133. The molecule has 0 aliphatic carbocycles. The largest absolute Gasteiger partial charge is 0.493 e. The van der Waals surface area contributed by atoms with Crippen LogP contribution in [-0.2, 0) is 6.61 Å². The van der Waals surface area contributed by atoms with E-state index in [0.717, 1.165) is 11.8 Å². The minimum atomic E-state index is 0.262. The Morgan fingerprint density at radius 3 is 2.60 bits per heavy atom. The molecule has 0 N–H and O–H groups in total. The maximum absolute atomic E-state index is 11.0. The van der Waals surface area contributed by atoms with Crippen LogP contribution in [0.5, 0.6) is 11.5 Å². The van der Waals surface area contributed by atoms with E-state index in [9.17, 15) is 4.79 Å². The molecule has 104 valence electrons. The summed E-state index contributed by atoms with van der Waals surface area (Å²) in [5, 5.41) is 0.949. The van der Waals surface area contributed by atoms with Crippen LogP contribution >= 0.6 is 23.2 Å². The summed E-state index contributed by atoms with van der Waals surface area (Å²) >= 11 is 11.8. The van der Waals surface area contributed by atoms with Gasteiger partial charge in [-0.1, -0.05) is 35.3 Å². The van der Waals surface area contributed by atoms with Crippen molar-refractivity contribution in [1.82, 2.24) is 0 Å². The molecule has 0 atom stereocenters. The third-order valence-corrected chi connectivity index (χ3v) is 3.46. The number of halogens is 2. The fourth-order valence-electron chi connectivity index (χ4n) is 1.73. The van der Waals surface area contributed by atoms with Crippen LogP contribution in [0.25, 0.3) is 0 Å². The van der Waals surface area contributed by atoms with Crippen LogP contribution in [0.4, 0.5) is 0 Å². The number of benzene rings is 2. The summed E-state index contributed by atoms with van der Waals surface area (Å²) < 4.78 is 10.9. The average molecular weight is 311 g/mol. The first-order valence-electron chi connectivity index (χ1n) is 5.84. The molecule has 0 radical (unpaired) electrons. The van der Waals surface area contributed by atoms with Gasteiger partial charge in [0.15, 0.2) is 17.8 Å². The number of carbonyl (C=O) groups is 1. The minimum Gasteiger partial charge on any atom is -0.493 e. The second kappa shape index (κ2) is 6.64. The van der Waals surface area contributed by atoms with Crippen molar-refractivity contribution in [3.8, 4) is 11.5 Å². The van der Waals surface area contributed by atoms with Gasteiger partial charge in [0.25, 0.3) is 0 Å². The molecule has 0 aromatic heterocycles. The van der Waals surface area contributed by atoms with Gasteiger partial charge in [-0.25, -0.2) is 0 Å². The lowest BCUT2D eigenvalue weighted by atomic mass is 10.2. The number of para-hydroxylation sites is 1. The van der Waals surface area contributed by atoms with E-state index in [-0.39, 0.29) is 6.61 Å². The van der Waals surface area contributed by atoms with E-state index < -0.39 is 0 Å². The van der Waals surface area contributed by atoms with Crippen molar-refractivity contribution < 1.29 is 14.3 Å². The predicted molar refractivity (Wildman–Crippen MR) is 79.2 cm³/mol. The Labute approximate surface area is 127 Å². The van der Waals surface area contributed by atoms with Gasteiger partial charge in [0, 0.05) is 0 Å². The summed E-state index contributed by atoms with van der Waals surface area (Å²) in [6, 6.07) is 10.4. The lowest BCUT2D eigenvalue weighted by Crippen LogP contribution is -2.00. The highest BCUT2D eigenvalue weighted by Gasteiger charge is 2.10. The highest BCUT2D eigenvalue weighted by atomic mass is 35.5. The summed E-state index contributed by atoms with van der Waals surface area (Å²) in [6.07, 6.45) is 0.729. The Kier molecular flexibility index (Phi) is 4.88. The van der Waals surface area contributed by atoms with Gasteiger partial charge in [0.1, 0.15) is 6.61 Å². The van der Waals surface area contributed by atoms with E-state index >= 15 is 0 Å². The Bertz CT molecular complexity index is 627. The smallest absolute Gasteiger partial charge is 0.172 e. The third-order valence-electron chi connectivity index (χ3n) is 2.72. The molecule has 0 aliphatic heterocycles. The molecule has 0 aliphatic rings. The van der Waals surface area contributed by atoms with Gasteiger partial charge in [-0.3, -0.25) is 4.79 Å². The van der Waals surface area contributed by atoms with E-state index in [1.54, 1.807) is 30.3 Å².